The van der Waals surface area contributed by atoms with Crippen molar-refractivity contribution < 1.29 is 8.78 Å². The number of alkyl halides is 2. The molecule has 0 spiro atoms. The highest BCUT2D eigenvalue weighted by Crippen LogP contribution is 2.34. The fourth-order valence-electron chi connectivity index (χ4n) is 1.55. The number of benzene rings is 1. The van der Waals surface area contributed by atoms with Gasteiger partial charge in [-0.3, -0.25) is 4.79 Å². The smallest absolute Gasteiger partial charge is 0.311 e. The van der Waals surface area contributed by atoms with Gasteiger partial charge < -0.3 is 4.98 Å². The van der Waals surface area contributed by atoms with Crippen molar-refractivity contribution in [2.45, 2.75) is 12.8 Å². The van der Waals surface area contributed by atoms with Crippen molar-refractivity contribution >= 4 is 11.6 Å². The van der Waals surface area contributed by atoms with E-state index in [2.05, 4.69) is 9.97 Å². The van der Waals surface area contributed by atoms with E-state index in [4.69, 9.17) is 11.6 Å². The minimum atomic E-state index is -3.33. The molecule has 6 heteroatoms. The maximum Gasteiger partial charge on any atom is 0.315 e. The van der Waals surface area contributed by atoms with Gasteiger partial charge in [0.25, 0.3) is 5.56 Å². The van der Waals surface area contributed by atoms with Crippen LogP contribution in [0.3, 0.4) is 0 Å². The molecule has 1 aromatic heterocycles. The molecule has 1 aromatic carbocycles. The SMILES string of the molecule is Cc1nc(C(F)(F)c2ccc(Cl)cc2)cc(=O)[nH]1. The number of aromatic amines is 1. The van der Waals surface area contributed by atoms with E-state index in [0.717, 1.165) is 6.07 Å². The average Bonchev–Trinajstić information content (AvgIpc) is 2.28. The molecule has 2 rings (SSSR count). The fraction of sp³-hybridized carbons (Fsp3) is 0.167. The summed E-state index contributed by atoms with van der Waals surface area (Å²) in [5, 5.41) is 0.365. The number of halogens is 3. The Labute approximate surface area is 106 Å². The molecular formula is C12H9ClF2N2O. The van der Waals surface area contributed by atoms with Crippen LogP contribution < -0.4 is 5.56 Å². The molecule has 0 bridgehead atoms. The van der Waals surface area contributed by atoms with Crippen molar-refractivity contribution in [3.8, 4) is 0 Å². The summed E-state index contributed by atoms with van der Waals surface area (Å²) in [7, 11) is 0. The van der Waals surface area contributed by atoms with Crippen LogP contribution in [0.2, 0.25) is 5.02 Å². The summed E-state index contributed by atoms with van der Waals surface area (Å²) in [5.74, 6) is -3.19. The van der Waals surface area contributed by atoms with Gasteiger partial charge in [0, 0.05) is 16.7 Å². The monoisotopic (exact) mass is 270 g/mol. The summed E-state index contributed by atoms with van der Waals surface area (Å²) in [4.78, 5) is 17.2. The summed E-state index contributed by atoms with van der Waals surface area (Å²) in [6.07, 6.45) is 0. The van der Waals surface area contributed by atoms with Gasteiger partial charge in [-0.2, -0.15) is 8.78 Å². The van der Waals surface area contributed by atoms with E-state index < -0.39 is 17.2 Å². The Bertz CT molecular complexity index is 623. The van der Waals surface area contributed by atoms with Crippen molar-refractivity contribution in [2.24, 2.45) is 0 Å². The van der Waals surface area contributed by atoms with Gasteiger partial charge in [-0.15, -0.1) is 0 Å². The van der Waals surface area contributed by atoms with E-state index in [1.54, 1.807) is 0 Å². The molecule has 1 heterocycles. The zero-order valence-corrected chi connectivity index (χ0v) is 10.1. The first kappa shape index (κ1) is 12.7. The Morgan fingerprint density at radius 1 is 1.28 bits per heavy atom. The molecule has 0 aliphatic heterocycles. The van der Waals surface area contributed by atoms with Crippen LogP contribution >= 0.6 is 11.6 Å². The maximum absolute atomic E-state index is 14.1. The molecule has 0 fully saturated rings. The lowest BCUT2D eigenvalue weighted by Gasteiger charge is -2.16. The number of nitrogens with one attached hydrogen (secondary N) is 1. The third-order valence-electron chi connectivity index (χ3n) is 2.39. The Morgan fingerprint density at radius 2 is 1.89 bits per heavy atom. The van der Waals surface area contributed by atoms with E-state index in [0.29, 0.717) is 5.02 Å². The number of hydrogen-bond acceptors (Lipinski definition) is 2. The fourth-order valence-corrected chi connectivity index (χ4v) is 1.67. The minimum Gasteiger partial charge on any atom is -0.311 e. The number of hydrogen-bond donors (Lipinski definition) is 1. The summed E-state index contributed by atoms with van der Waals surface area (Å²) >= 11 is 5.64. The van der Waals surface area contributed by atoms with Crippen LogP contribution in [-0.2, 0) is 5.92 Å². The quantitative estimate of drug-likeness (QED) is 0.912. The third-order valence-corrected chi connectivity index (χ3v) is 2.64. The predicted octanol–water partition coefficient (Wildman–Crippen LogP) is 2.87. The largest absolute Gasteiger partial charge is 0.315 e. The van der Waals surface area contributed by atoms with E-state index >= 15 is 0 Å². The van der Waals surface area contributed by atoms with Gasteiger partial charge in [-0.05, 0) is 19.1 Å². The van der Waals surface area contributed by atoms with Gasteiger partial charge in [0.15, 0.2) is 0 Å². The summed E-state index contributed by atoms with van der Waals surface area (Å²) in [5.41, 5.74) is -1.44. The molecule has 0 atom stereocenters. The topological polar surface area (TPSA) is 45.8 Å². The van der Waals surface area contributed by atoms with Crippen molar-refractivity contribution in [1.82, 2.24) is 9.97 Å². The Kier molecular flexibility index (Phi) is 3.17. The Morgan fingerprint density at radius 3 is 2.44 bits per heavy atom. The van der Waals surface area contributed by atoms with Crippen LogP contribution in [0.1, 0.15) is 17.1 Å². The second-order valence-corrected chi connectivity index (χ2v) is 4.23. The van der Waals surface area contributed by atoms with E-state index in [-0.39, 0.29) is 11.4 Å². The highest BCUT2D eigenvalue weighted by atomic mass is 35.5. The molecule has 0 saturated carbocycles. The van der Waals surface area contributed by atoms with Crippen LogP contribution in [0.4, 0.5) is 8.78 Å². The second kappa shape index (κ2) is 4.49. The standard InChI is InChI=1S/C12H9ClF2N2O/c1-7-16-10(6-11(18)17-7)12(14,15)8-2-4-9(13)5-3-8/h2-6H,1H3,(H,16,17,18). The zero-order valence-electron chi connectivity index (χ0n) is 9.38. The van der Waals surface area contributed by atoms with Crippen LogP contribution in [0.25, 0.3) is 0 Å². The maximum atomic E-state index is 14.1. The number of aryl methyl sites for hydroxylation is 1. The lowest BCUT2D eigenvalue weighted by Crippen LogP contribution is -2.22. The molecule has 2 aromatic rings. The normalized spacial score (nSPS) is 11.6. The van der Waals surface area contributed by atoms with Crippen LogP contribution in [-0.4, -0.2) is 9.97 Å². The summed E-state index contributed by atoms with van der Waals surface area (Å²) in [6.45, 7) is 1.45. The number of H-pyrrole nitrogens is 1. The average molecular weight is 271 g/mol. The minimum absolute atomic E-state index is 0.145. The lowest BCUT2D eigenvalue weighted by molar-refractivity contribution is 0.0375. The molecular weight excluding hydrogens is 262 g/mol. The van der Waals surface area contributed by atoms with Crippen LogP contribution in [0.15, 0.2) is 35.1 Å². The predicted molar refractivity (Wildman–Crippen MR) is 64.0 cm³/mol. The van der Waals surface area contributed by atoms with Gasteiger partial charge in [0.1, 0.15) is 11.5 Å². The highest BCUT2D eigenvalue weighted by Gasteiger charge is 2.36. The zero-order chi connectivity index (χ0) is 13.3. The molecule has 18 heavy (non-hydrogen) atoms. The highest BCUT2D eigenvalue weighted by molar-refractivity contribution is 6.30. The Balaban J connectivity index is 2.53. The molecule has 0 radical (unpaired) electrons. The van der Waals surface area contributed by atoms with E-state index in [1.807, 2.05) is 0 Å². The summed E-state index contributed by atoms with van der Waals surface area (Å²) < 4.78 is 28.2. The molecule has 0 amide bonds. The van der Waals surface area contributed by atoms with Gasteiger partial charge >= 0.3 is 5.92 Å². The van der Waals surface area contributed by atoms with Crippen LogP contribution in [0.5, 0.6) is 0 Å². The first-order valence-electron chi connectivity index (χ1n) is 5.12. The second-order valence-electron chi connectivity index (χ2n) is 3.80. The molecule has 94 valence electrons. The molecule has 3 nitrogen and oxygen atoms in total. The number of nitrogens with zero attached hydrogens (tertiary/aromatic N) is 1. The molecule has 0 unspecified atom stereocenters. The van der Waals surface area contributed by atoms with Gasteiger partial charge in [-0.1, -0.05) is 23.7 Å². The first-order valence-corrected chi connectivity index (χ1v) is 5.49. The van der Waals surface area contributed by atoms with Gasteiger partial charge in [-0.25, -0.2) is 4.98 Å². The third kappa shape index (κ3) is 2.41. The van der Waals surface area contributed by atoms with Crippen molar-refractivity contribution in [3.63, 3.8) is 0 Å². The van der Waals surface area contributed by atoms with Crippen LogP contribution in [0, 0.1) is 6.92 Å². The van der Waals surface area contributed by atoms with Crippen molar-refractivity contribution in [1.29, 1.82) is 0 Å². The molecule has 1 N–H and O–H groups in total. The molecule has 0 saturated heterocycles. The lowest BCUT2D eigenvalue weighted by atomic mass is 10.1. The van der Waals surface area contributed by atoms with E-state index in [1.165, 1.54) is 31.2 Å². The van der Waals surface area contributed by atoms with Crippen molar-refractivity contribution in [3.05, 3.63) is 62.8 Å². The van der Waals surface area contributed by atoms with Gasteiger partial charge in [0.2, 0.25) is 0 Å². The summed E-state index contributed by atoms with van der Waals surface area (Å²) in [6, 6.07) is 5.94. The Hall–Kier alpha value is -1.75. The molecule has 0 aliphatic rings. The van der Waals surface area contributed by atoms with Crippen molar-refractivity contribution in [2.75, 3.05) is 0 Å². The van der Waals surface area contributed by atoms with E-state index in [9.17, 15) is 13.6 Å². The number of rotatable bonds is 2. The molecule has 0 aliphatic carbocycles. The number of aromatic nitrogens is 2. The van der Waals surface area contributed by atoms with Gasteiger partial charge in [0.05, 0.1) is 0 Å². The first-order chi connectivity index (χ1) is 8.39.